The highest BCUT2D eigenvalue weighted by Crippen LogP contribution is 2.22. The maximum absolute atomic E-state index is 11.6. The van der Waals surface area contributed by atoms with Crippen LogP contribution >= 0.6 is 0 Å². The van der Waals surface area contributed by atoms with E-state index in [0.29, 0.717) is 6.54 Å². The van der Waals surface area contributed by atoms with Crippen molar-refractivity contribution < 1.29 is 4.79 Å². The highest BCUT2D eigenvalue weighted by atomic mass is 16.2. The largest absolute Gasteiger partial charge is 0.322 e. The molecule has 0 spiro atoms. The number of amides is 1. The molecule has 0 radical (unpaired) electrons. The van der Waals surface area contributed by atoms with Gasteiger partial charge in [-0.25, -0.2) is 0 Å². The molecule has 86 valence electrons. The Kier molecular flexibility index (Phi) is 3.25. The zero-order chi connectivity index (χ0) is 11.5. The number of aryl methyl sites for hydroxylation is 1. The van der Waals surface area contributed by atoms with Gasteiger partial charge in [0.1, 0.15) is 6.17 Å². The Balaban J connectivity index is 2.20. The van der Waals surface area contributed by atoms with Gasteiger partial charge in [-0.2, -0.15) is 0 Å². The van der Waals surface area contributed by atoms with Crippen LogP contribution in [-0.2, 0) is 11.2 Å². The Morgan fingerprint density at radius 2 is 2.00 bits per heavy atom. The quantitative estimate of drug-likeness (QED) is 0.837. The molecule has 0 aliphatic carbocycles. The Hall–Kier alpha value is -1.35. The van der Waals surface area contributed by atoms with Crippen LogP contribution in [0.5, 0.6) is 0 Å². The molecule has 2 rings (SSSR count). The third-order valence-electron chi connectivity index (χ3n) is 3.12. The first-order valence-electron chi connectivity index (χ1n) is 5.88. The number of nitrogens with zero attached hydrogens (tertiary/aromatic N) is 1. The number of carbonyl (C=O) groups is 1. The van der Waals surface area contributed by atoms with E-state index < -0.39 is 0 Å². The minimum Gasteiger partial charge on any atom is -0.322 e. The van der Waals surface area contributed by atoms with Gasteiger partial charge >= 0.3 is 0 Å². The van der Waals surface area contributed by atoms with Crippen LogP contribution in [0.15, 0.2) is 24.3 Å². The van der Waals surface area contributed by atoms with Crippen LogP contribution in [0.4, 0.5) is 0 Å². The van der Waals surface area contributed by atoms with Crippen molar-refractivity contribution in [2.75, 3.05) is 13.1 Å². The smallest absolute Gasteiger partial charge is 0.238 e. The summed E-state index contributed by atoms with van der Waals surface area (Å²) in [6.45, 7) is 5.36. The van der Waals surface area contributed by atoms with E-state index in [1.165, 1.54) is 11.1 Å². The van der Waals surface area contributed by atoms with Gasteiger partial charge in [-0.3, -0.25) is 10.1 Å². The Morgan fingerprint density at radius 3 is 2.56 bits per heavy atom. The minimum absolute atomic E-state index is 0.0587. The van der Waals surface area contributed by atoms with Crippen LogP contribution in [0.2, 0.25) is 0 Å². The van der Waals surface area contributed by atoms with Gasteiger partial charge in [0, 0.05) is 6.54 Å². The molecule has 3 heteroatoms. The van der Waals surface area contributed by atoms with Crippen molar-refractivity contribution in [1.29, 1.82) is 0 Å². The molecule has 1 aliphatic heterocycles. The van der Waals surface area contributed by atoms with E-state index in [1.807, 2.05) is 11.8 Å². The fraction of sp³-hybridized carbons (Fsp3) is 0.462. The molecule has 0 saturated carbocycles. The summed E-state index contributed by atoms with van der Waals surface area (Å²) >= 11 is 0. The van der Waals surface area contributed by atoms with Crippen molar-refractivity contribution in [3.63, 3.8) is 0 Å². The van der Waals surface area contributed by atoms with Crippen LogP contribution < -0.4 is 5.32 Å². The zero-order valence-corrected chi connectivity index (χ0v) is 9.86. The van der Waals surface area contributed by atoms with E-state index in [0.717, 1.165) is 13.0 Å². The van der Waals surface area contributed by atoms with E-state index >= 15 is 0 Å². The molecule has 1 saturated heterocycles. The molecule has 0 bridgehead atoms. The average Bonchev–Trinajstić information content (AvgIpc) is 2.70. The van der Waals surface area contributed by atoms with Gasteiger partial charge in [-0.15, -0.1) is 0 Å². The van der Waals surface area contributed by atoms with Crippen LogP contribution in [0.25, 0.3) is 0 Å². The van der Waals surface area contributed by atoms with Crippen LogP contribution in [0.3, 0.4) is 0 Å². The highest BCUT2D eigenvalue weighted by molar-refractivity contribution is 5.80. The van der Waals surface area contributed by atoms with E-state index in [1.54, 1.807) is 0 Å². The summed E-state index contributed by atoms with van der Waals surface area (Å²) in [5.74, 6) is 0.187. The Bertz CT molecular complexity index is 372. The van der Waals surface area contributed by atoms with E-state index in [4.69, 9.17) is 0 Å². The summed E-state index contributed by atoms with van der Waals surface area (Å²) < 4.78 is 0. The molecule has 16 heavy (non-hydrogen) atoms. The summed E-state index contributed by atoms with van der Waals surface area (Å²) in [4.78, 5) is 13.5. The molecule has 1 aromatic carbocycles. The predicted molar refractivity (Wildman–Crippen MR) is 64.0 cm³/mol. The van der Waals surface area contributed by atoms with Crippen molar-refractivity contribution in [2.45, 2.75) is 26.4 Å². The van der Waals surface area contributed by atoms with Crippen molar-refractivity contribution in [3.8, 4) is 0 Å². The topological polar surface area (TPSA) is 32.3 Å². The fourth-order valence-electron chi connectivity index (χ4n) is 2.13. The lowest BCUT2D eigenvalue weighted by molar-refractivity contribution is -0.127. The molecule has 1 N–H and O–H groups in total. The number of likely N-dealkylation sites (N-methyl/N-ethyl adjacent to an activating group) is 1. The minimum atomic E-state index is 0.0587. The first-order valence-corrected chi connectivity index (χ1v) is 5.88. The fourth-order valence-corrected chi connectivity index (χ4v) is 2.13. The average molecular weight is 218 g/mol. The van der Waals surface area contributed by atoms with Crippen LogP contribution in [0, 0.1) is 0 Å². The number of hydrogen-bond donors (Lipinski definition) is 1. The third kappa shape index (κ3) is 1.95. The first-order chi connectivity index (χ1) is 7.76. The van der Waals surface area contributed by atoms with E-state index in [-0.39, 0.29) is 12.1 Å². The summed E-state index contributed by atoms with van der Waals surface area (Å²) in [6.07, 6.45) is 1.11. The molecule has 1 aromatic rings. The van der Waals surface area contributed by atoms with Gasteiger partial charge in [0.05, 0.1) is 6.54 Å². The molecule has 1 atom stereocenters. The third-order valence-corrected chi connectivity index (χ3v) is 3.12. The van der Waals surface area contributed by atoms with Crippen LogP contribution in [-0.4, -0.2) is 23.9 Å². The Morgan fingerprint density at radius 1 is 1.31 bits per heavy atom. The molecule has 1 heterocycles. The normalized spacial score (nSPS) is 20.5. The highest BCUT2D eigenvalue weighted by Gasteiger charge is 2.29. The number of benzene rings is 1. The molecule has 3 nitrogen and oxygen atoms in total. The number of hydrogen-bond acceptors (Lipinski definition) is 2. The second-order valence-corrected chi connectivity index (χ2v) is 4.06. The lowest BCUT2D eigenvalue weighted by Crippen LogP contribution is -2.29. The van der Waals surface area contributed by atoms with E-state index in [9.17, 15) is 4.79 Å². The number of nitrogens with one attached hydrogen (secondary N) is 1. The summed E-state index contributed by atoms with van der Waals surface area (Å²) in [5.41, 5.74) is 2.50. The SMILES string of the molecule is CCc1ccc(C2NCC(=O)N2CC)cc1. The predicted octanol–water partition coefficient (Wildman–Crippen LogP) is 1.70. The molecule has 0 aromatic heterocycles. The second kappa shape index (κ2) is 4.66. The second-order valence-electron chi connectivity index (χ2n) is 4.06. The zero-order valence-electron chi connectivity index (χ0n) is 9.86. The maximum atomic E-state index is 11.6. The summed E-state index contributed by atoms with van der Waals surface area (Å²) in [7, 11) is 0. The molecule has 1 amide bonds. The number of carbonyl (C=O) groups excluding carboxylic acids is 1. The maximum Gasteiger partial charge on any atom is 0.238 e. The van der Waals surface area contributed by atoms with Crippen molar-refractivity contribution in [1.82, 2.24) is 10.2 Å². The molecule has 1 unspecified atom stereocenters. The van der Waals surface area contributed by atoms with Crippen molar-refractivity contribution in [3.05, 3.63) is 35.4 Å². The first kappa shape index (κ1) is 11.1. The lowest BCUT2D eigenvalue weighted by Gasteiger charge is -2.23. The molecular weight excluding hydrogens is 200 g/mol. The summed E-state index contributed by atoms with van der Waals surface area (Å²) in [6, 6.07) is 8.48. The van der Waals surface area contributed by atoms with E-state index in [2.05, 4.69) is 36.5 Å². The van der Waals surface area contributed by atoms with Crippen molar-refractivity contribution >= 4 is 5.91 Å². The molecule has 1 fully saturated rings. The van der Waals surface area contributed by atoms with Gasteiger partial charge in [0.25, 0.3) is 0 Å². The van der Waals surface area contributed by atoms with Gasteiger partial charge < -0.3 is 4.90 Å². The van der Waals surface area contributed by atoms with Gasteiger partial charge in [-0.1, -0.05) is 31.2 Å². The van der Waals surface area contributed by atoms with Crippen molar-refractivity contribution in [2.24, 2.45) is 0 Å². The lowest BCUT2D eigenvalue weighted by atomic mass is 10.1. The molecule has 1 aliphatic rings. The monoisotopic (exact) mass is 218 g/mol. The van der Waals surface area contributed by atoms with Crippen LogP contribution in [0.1, 0.15) is 31.1 Å². The summed E-state index contributed by atoms with van der Waals surface area (Å²) in [5, 5.41) is 3.24. The van der Waals surface area contributed by atoms with Gasteiger partial charge in [0.2, 0.25) is 5.91 Å². The van der Waals surface area contributed by atoms with Gasteiger partial charge in [-0.05, 0) is 24.5 Å². The molecular formula is C13H18N2O. The standard InChI is InChI=1S/C13H18N2O/c1-3-10-5-7-11(8-6-10)13-14-9-12(16)15(13)4-2/h5-8,13-14H,3-4,9H2,1-2H3. The van der Waals surface area contributed by atoms with Gasteiger partial charge in [0.15, 0.2) is 0 Å². The number of rotatable bonds is 3. The Labute approximate surface area is 96.5 Å².